The maximum atomic E-state index is 5.54. The zero-order valence-electron chi connectivity index (χ0n) is 8.51. The van der Waals surface area contributed by atoms with E-state index in [-0.39, 0.29) is 0 Å². The van der Waals surface area contributed by atoms with E-state index in [1.54, 1.807) is 7.11 Å². The third kappa shape index (κ3) is 6.09. The summed E-state index contributed by atoms with van der Waals surface area (Å²) in [6, 6.07) is 0. The van der Waals surface area contributed by atoms with E-state index in [4.69, 9.17) is 13.9 Å². The molecule has 0 aromatic carbocycles. The Morgan fingerprint density at radius 1 is 1.33 bits per heavy atom. The molecule has 3 nitrogen and oxygen atoms in total. The van der Waals surface area contributed by atoms with Crippen LogP contribution in [0.3, 0.4) is 0 Å². The fourth-order valence-corrected chi connectivity index (χ4v) is 1.30. The van der Waals surface area contributed by atoms with Crippen LogP contribution in [-0.4, -0.2) is 22.0 Å². The Labute approximate surface area is 75.4 Å². The van der Waals surface area contributed by atoms with E-state index < -0.39 is 8.32 Å². The predicted octanol–water partition coefficient (Wildman–Crippen LogP) is 2.32. The zero-order valence-corrected chi connectivity index (χ0v) is 9.51. The van der Waals surface area contributed by atoms with Crippen LogP contribution in [0.15, 0.2) is 12.2 Å². The zero-order chi connectivity index (χ0) is 9.61. The minimum atomic E-state index is -1.56. The first-order valence-electron chi connectivity index (χ1n) is 4.04. The van der Waals surface area contributed by atoms with Gasteiger partial charge in [0.05, 0.1) is 13.7 Å². The third-order valence-electron chi connectivity index (χ3n) is 0.954. The lowest BCUT2D eigenvalue weighted by Crippen LogP contribution is -2.25. The van der Waals surface area contributed by atoms with Crippen molar-refractivity contribution in [3.63, 3.8) is 0 Å². The van der Waals surface area contributed by atoms with E-state index >= 15 is 0 Å². The summed E-state index contributed by atoms with van der Waals surface area (Å²) in [5, 5.41) is 0. The number of hydrogen-bond donors (Lipinski definition) is 0. The first-order valence-corrected chi connectivity index (χ1v) is 7.45. The Bertz CT molecular complexity index is 149. The van der Waals surface area contributed by atoms with Crippen molar-refractivity contribution in [1.29, 1.82) is 0 Å². The fraction of sp³-hybridized carbons (Fsp3) is 0.750. The number of rotatable bonds is 5. The van der Waals surface area contributed by atoms with E-state index in [0.717, 1.165) is 0 Å². The molecule has 4 heteroatoms. The summed E-state index contributed by atoms with van der Waals surface area (Å²) in [5.41, 5.74) is 0. The summed E-state index contributed by atoms with van der Waals surface area (Å²) >= 11 is 0. The maximum absolute atomic E-state index is 5.54. The van der Waals surface area contributed by atoms with Gasteiger partial charge in [-0.15, -0.1) is 0 Å². The highest BCUT2D eigenvalue weighted by Gasteiger charge is 2.18. The van der Waals surface area contributed by atoms with Crippen molar-refractivity contribution in [3.05, 3.63) is 12.2 Å². The summed E-state index contributed by atoms with van der Waals surface area (Å²) in [7, 11) is 0.00985. The molecule has 0 aliphatic carbocycles. The molecule has 0 N–H and O–H groups in total. The molecule has 0 aromatic rings. The highest BCUT2D eigenvalue weighted by atomic mass is 28.4. The van der Waals surface area contributed by atoms with Gasteiger partial charge >= 0.3 is 5.95 Å². The molecule has 0 spiro atoms. The van der Waals surface area contributed by atoms with Gasteiger partial charge in [-0.2, -0.15) is 0 Å². The van der Waals surface area contributed by atoms with E-state index in [9.17, 15) is 0 Å². The monoisotopic (exact) mass is 190 g/mol. The van der Waals surface area contributed by atoms with Crippen LogP contribution < -0.4 is 0 Å². The van der Waals surface area contributed by atoms with E-state index in [2.05, 4.69) is 19.6 Å². The molecule has 72 valence electrons. The van der Waals surface area contributed by atoms with Gasteiger partial charge in [-0.3, -0.25) is 0 Å². The minimum Gasteiger partial charge on any atom is -0.518 e. The topological polar surface area (TPSA) is 27.7 Å². The van der Waals surface area contributed by atoms with E-state index in [0.29, 0.717) is 12.6 Å². The maximum Gasteiger partial charge on any atom is 0.301 e. The highest BCUT2D eigenvalue weighted by molar-refractivity contribution is 6.69. The Kier molecular flexibility index (Phi) is 4.81. The molecule has 0 radical (unpaired) electrons. The van der Waals surface area contributed by atoms with Crippen LogP contribution >= 0.6 is 0 Å². The molecular weight excluding hydrogens is 172 g/mol. The smallest absolute Gasteiger partial charge is 0.301 e. The van der Waals surface area contributed by atoms with Crippen LogP contribution in [0, 0.1) is 0 Å². The lowest BCUT2D eigenvalue weighted by atomic mass is 10.8. The Morgan fingerprint density at radius 2 is 1.92 bits per heavy atom. The normalized spacial score (nSPS) is 12.6. The highest BCUT2D eigenvalue weighted by Crippen LogP contribution is 2.10. The molecule has 0 rings (SSSR count). The van der Waals surface area contributed by atoms with Crippen LogP contribution in [-0.2, 0) is 13.9 Å². The summed E-state index contributed by atoms with van der Waals surface area (Å²) in [4.78, 5) is 0. The van der Waals surface area contributed by atoms with E-state index in [1.807, 2.05) is 6.92 Å². The summed E-state index contributed by atoms with van der Waals surface area (Å²) in [6.45, 7) is 8.81. The summed E-state index contributed by atoms with van der Waals surface area (Å²) in [5.74, 6) is 0.469. The van der Waals surface area contributed by atoms with Crippen LogP contribution in [0.2, 0.25) is 19.6 Å². The van der Waals surface area contributed by atoms with Gasteiger partial charge in [-0.05, 0) is 26.6 Å². The molecule has 0 fully saturated rings. The van der Waals surface area contributed by atoms with Crippen LogP contribution in [0.25, 0.3) is 0 Å². The molecule has 0 bridgehead atoms. The molecule has 0 saturated heterocycles. The van der Waals surface area contributed by atoms with Gasteiger partial charge in [0.2, 0.25) is 8.32 Å². The second kappa shape index (κ2) is 5.08. The SMILES string of the molecule is CCO/C=C(\OC)O[Si](C)(C)C. The first kappa shape index (κ1) is 11.4. The molecule has 0 aliphatic heterocycles. The largest absolute Gasteiger partial charge is 0.518 e. The second-order valence-corrected chi connectivity index (χ2v) is 7.74. The van der Waals surface area contributed by atoms with Gasteiger partial charge < -0.3 is 13.9 Å². The average Bonchev–Trinajstić information content (AvgIpc) is 1.95. The van der Waals surface area contributed by atoms with Gasteiger partial charge in [0.15, 0.2) is 6.26 Å². The molecule has 0 unspecified atom stereocenters. The van der Waals surface area contributed by atoms with Crippen molar-refractivity contribution >= 4 is 8.32 Å². The molecule has 0 aromatic heterocycles. The van der Waals surface area contributed by atoms with Gasteiger partial charge in [-0.25, -0.2) is 0 Å². The lowest BCUT2D eigenvalue weighted by Gasteiger charge is -2.19. The van der Waals surface area contributed by atoms with Crippen molar-refractivity contribution in [1.82, 2.24) is 0 Å². The van der Waals surface area contributed by atoms with Crippen molar-refractivity contribution in [3.8, 4) is 0 Å². The molecule has 12 heavy (non-hydrogen) atoms. The number of methoxy groups -OCH3 is 1. The van der Waals surface area contributed by atoms with Crippen LogP contribution in [0.1, 0.15) is 6.92 Å². The Hall–Kier alpha value is -0.643. The summed E-state index contributed by atoms with van der Waals surface area (Å²) in [6.07, 6.45) is 1.51. The third-order valence-corrected chi connectivity index (χ3v) is 1.77. The Morgan fingerprint density at radius 3 is 2.25 bits per heavy atom. The second-order valence-electron chi connectivity index (χ2n) is 3.31. The lowest BCUT2D eigenvalue weighted by molar-refractivity contribution is 0.119. The van der Waals surface area contributed by atoms with Crippen molar-refractivity contribution in [2.45, 2.75) is 26.6 Å². The predicted molar refractivity (Wildman–Crippen MR) is 51.1 cm³/mol. The van der Waals surface area contributed by atoms with Gasteiger partial charge in [-0.1, -0.05) is 0 Å². The fourth-order valence-electron chi connectivity index (χ4n) is 0.567. The quantitative estimate of drug-likeness (QED) is 0.492. The van der Waals surface area contributed by atoms with Crippen LogP contribution in [0.4, 0.5) is 0 Å². The molecular formula is C8H18O3Si. The van der Waals surface area contributed by atoms with Crippen LogP contribution in [0.5, 0.6) is 0 Å². The number of ether oxygens (including phenoxy) is 2. The van der Waals surface area contributed by atoms with Gasteiger partial charge in [0.25, 0.3) is 0 Å². The van der Waals surface area contributed by atoms with Crippen molar-refractivity contribution in [2.24, 2.45) is 0 Å². The molecule has 0 aliphatic rings. The van der Waals surface area contributed by atoms with Gasteiger partial charge in [0, 0.05) is 0 Å². The average molecular weight is 190 g/mol. The molecule has 0 amide bonds. The molecule has 0 heterocycles. The minimum absolute atomic E-state index is 0.469. The van der Waals surface area contributed by atoms with Gasteiger partial charge in [0.1, 0.15) is 0 Å². The van der Waals surface area contributed by atoms with Crippen molar-refractivity contribution in [2.75, 3.05) is 13.7 Å². The Balaban J connectivity index is 3.99. The standard InChI is InChI=1S/C8H18O3Si/c1-6-10-7-8(9-2)11-12(3,4)5/h7H,6H2,1-5H3/b8-7+. The first-order chi connectivity index (χ1) is 5.49. The molecule has 0 atom stereocenters. The summed E-state index contributed by atoms with van der Waals surface area (Å²) < 4.78 is 15.6. The van der Waals surface area contributed by atoms with Crippen molar-refractivity contribution < 1.29 is 13.9 Å². The molecule has 0 saturated carbocycles. The van der Waals surface area contributed by atoms with E-state index in [1.165, 1.54) is 6.26 Å². The number of hydrogen-bond acceptors (Lipinski definition) is 3.